The lowest BCUT2D eigenvalue weighted by atomic mass is 10.0. The van der Waals surface area contributed by atoms with Crippen LogP contribution in [0, 0.1) is 6.92 Å². The van der Waals surface area contributed by atoms with Crippen LogP contribution in [0.4, 0.5) is 0 Å². The van der Waals surface area contributed by atoms with E-state index in [1.165, 1.54) is 4.90 Å². The Kier molecular flexibility index (Phi) is 10.1. The molecule has 0 saturated carbocycles. The number of amides is 2. The van der Waals surface area contributed by atoms with Gasteiger partial charge in [0.05, 0.1) is 0 Å². The van der Waals surface area contributed by atoms with Gasteiger partial charge in [-0.25, -0.2) is 0 Å². The van der Waals surface area contributed by atoms with Crippen molar-refractivity contribution in [1.29, 1.82) is 0 Å². The van der Waals surface area contributed by atoms with Gasteiger partial charge in [-0.1, -0.05) is 71.2 Å². The van der Waals surface area contributed by atoms with Crippen LogP contribution in [0.15, 0.2) is 66.7 Å². The van der Waals surface area contributed by atoms with Gasteiger partial charge in [0.2, 0.25) is 5.91 Å². The summed E-state index contributed by atoms with van der Waals surface area (Å²) in [5.41, 5.74) is 2.31. The molecular formula is C28H29Cl3N2O3. The number of hydrogen-bond acceptors (Lipinski definition) is 3. The summed E-state index contributed by atoms with van der Waals surface area (Å²) in [6, 6.07) is 19.0. The minimum absolute atomic E-state index is 0.0450. The summed E-state index contributed by atoms with van der Waals surface area (Å²) < 4.78 is 5.80. The molecule has 8 heteroatoms. The normalized spacial score (nSPS) is 11.8. The van der Waals surface area contributed by atoms with Crippen molar-refractivity contribution in [3.8, 4) is 5.75 Å². The van der Waals surface area contributed by atoms with E-state index in [0.717, 1.165) is 11.1 Å². The zero-order valence-electron chi connectivity index (χ0n) is 20.4. The van der Waals surface area contributed by atoms with Crippen molar-refractivity contribution in [2.75, 3.05) is 6.61 Å². The number of aryl methyl sites for hydroxylation is 1. The lowest BCUT2D eigenvalue weighted by Crippen LogP contribution is -2.52. The van der Waals surface area contributed by atoms with Crippen molar-refractivity contribution in [3.05, 3.63) is 98.5 Å². The predicted octanol–water partition coefficient (Wildman–Crippen LogP) is 6.50. The van der Waals surface area contributed by atoms with Gasteiger partial charge >= 0.3 is 0 Å². The van der Waals surface area contributed by atoms with Crippen molar-refractivity contribution in [3.63, 3.8) is 0 Å². The fourth-order valence-corrected chi connectivity index (χ4v) is 4.36. The van der Waals surface area contributed by atoms with Gasteiger partial charge in [-0.05, 0) is 62.2 Å². The maximum absolute atomic E-state index is 13.6. The second-order valence-corrected chi connectivity index (χ2v) is 10.0. The molecule has 0 radical (unpaired) electrons. The molecule has 1 N–H and O–H groups in total. The molecule has 0 unspecified atom stereocenters. The van der Waals surface area contributed by atoms with Crippen molar-refractivity contribution < 1.29 is 14.3 Å². The number of carbonyl (C=O) groups is 2. The third-order valence-corrected chi connectivity index (χ3v) is 6.72. The smallest absolute Gasteiger partial charge is 0.261 e. The highest BCUT2D eigenvalue weighted by molar-refractivity contribution is 6.36. The standard InChI is InChI=1S/C28H29Cl3N2O3/c1-18(2)32-28(35)26(15-20-8-5-4-6-9-20)33(16-22-24(30)10-7-11-25(22)31)27(34)17-36-21-12-13-23(29)19(3)14-21/h4-14,18,26H,15-17H2,1-3H3,(H,32,35)/t26-/m0/s1. The molecule has 5 nitrogen and oxygen atoms in total. The summed E-state index contributed by atoms with van der Waals surface area (Å²) in [4.78, 5) is 28.5. The molecule has 1 atom stereocenters. The first kappa shape index (κ1) is 27.9. The quantitative estimate of drug-likeness (QED) is 0.315. The number of benzene rings is 3. The van der Waals surface area contributed by atoms with E-state index in [-0.39, 0.29) is 31.0 Å². The minimum atomic E-state index is -0.815. The SMILES string of the molecule is Cc1cc(OCC(=O)N(Cc2c(Cl)cccc2Cl)[C@@H](Cc2ccccc2)C(=O)NC(C)C)ccc1Cl. The Labute approximate surface area is 227 Å². The Morgan fingerprint density at radius 2 is 1.58 bits per heavy atom. The second kappa shape index (κ2) is 13.0. The number of rotatable bonds is 10. The van der Waals surface area contributed by atoms with Crippen molar-refractivity contribution in [2.24, 2.45) is 0 Å². The molecule has 0 aliphatic carbocycles. The number of nitrogens with one attached hydrogen (secondary N) is 1. The van der Waals surface area contributed by atoms with Gasteiger partial charge in [-0.2, -0.15) is 0 Å². The molecule has 3 aromatic carbocycles. The number of hydrogen-bond donors (Lipinski definition) is 1. The topological polar surface area (TPSA) is 58.6 Å². The van der Waals surface area contributed by atoms with E-state index in [4.69, 9.17) is 39.5 Å². The lowest BCUT2D eigenvalue weighted by Gasteiger charge is -2.32. The second-order valence-electron chi connectivity index (χ2n) is 8.79. The molecule has 0 spiro atoms. The van der Waals surface area contributed by atoms with Crippen molar-refractivity contribution in [1.82, 2.24) is 10.2 Å². The summed E-state index contributed by atoms with van der Waals surface area (Å²) in [6.07, 6.45) is 0.313. The molecule has 3 aromatic rings. The zero-order valence-corrected chi connectivity index (χ0v) is 22.7. The maximum atomic E-state index is 13.6. The molecule has 190 valence electrons. The number of nitrogens with zero attached hydrogens (tertiary/aromatic N) is 1. The Balaban J connectivity index is 1.96. The monoisotopic (exact) mass is 546 g/mol. The van der Waals surface area contributed by atoms with E-state index >= 15 is 0 Å². The minimum Gasteiger partial charge on any atom is -0.484 e. The molecule has 0 aliphatic heterocycles. The summed E-state index contributed by atoms with van der Waals surface area (Å²) in [6.45, 7) is 5.38. The third-order valence-electron chi connectivity index (χ3n) is 5.58. The van der Waals surface area contributed by atoms with Crippen LogP contribution in [0.3, 0.4) is 0 Å². The van der Waals surface area contributed by atoms with E-state index in [2.05, 4.69) is 5.32 Å². The van der Waals surface area contributed by atoms with Crippen LogP contribution in [0.1, 0.15) is 30.5 Å². The van der Waals surface area contributed by atoms with Gasteiger partial charge in [0, 0.05) is 39.6 Å². The Hall–Kier alpha value is -2.73. The van der Waals surface area contributed by atoms with Gasteiger partial charge in [0.15, 0.2) is 6.61 Å². The van der Waals surface area contributed by atoms with Gasteiger partial charge in [-0.3, -0.25) is 9.59 Å². The molecule has 0 bridgehead atoms. The first-order chi connectivity index (χ1) is 17.2. The zero-order chi connectivity index (χ0) is 26.2. The van der Waals surface area contributed by atoms with E-state index in [1.54, 1.807) is 36.4 Å². The molecule has 0 fully saturated rings. The summed E-state index contributed by atoms with van der Waals surface area (Å²) >= 11 is 19.0. The molecule has 3 rings (SSSR count). The van der Waals surface area contributed by atoms with Crippen LogP contribution >= 0.6 is 34.8 Å². The van der Waals surface area contributed by atoms with Crippen LogP contribution in [0.25, 0.3) is 0 Å². The molecule has 2 amide bonds. The van der Waals surface area contributed by atoms with Crippen molar-refractivity contribution >= 4 is 46.6 Å². The highest BCUT2D eigenvalue weighted by atomic mass is 35.5. The average molecular weight is 548 g/mol. The first-order valence-electron chi connectivity index (χ1n) is 11.6. The van der Waals surface area contributed by atoms with Crippen LogP contribution in [-0.4, -0.2) is 35.4 Å². The molecule has 0 aliphatic rings. The summed E-state index contributed by atoms with van der Waals surface area (Å²) in [5.74, 6) is -0.140. The molecule has 0 saturated heterocycles. The van der Waals surface area contributed by atoms with Crippen molar-refractivity contribution in [2.45, 2.75) is 45.8 Å². The highest BCUT2D eigenvalue weighted by Crippen LogP contribution is 2.27. The predicted molar refractivity (Wildman–Crippen MR) is 146 cm³/mol. The fourth-order valence-electron chi connectivity index (χ4n) is 3.72. The summed E-state index contributed by atoms with van der Waals surface area (Å²) in [7, 11) is 0. The van der Waals surface area contributed by atoms with Crippen LogP contribution in [0.2, 0.25) is 15.1 Å². The molecule has 36 heavy (non-hydrogen) atoms. The van der Waals surface area contributed by atoms with Gasteiger partial charge in [0.1, 0.15) is 11.8 Å². The Bertz CT molecular complexity index is 1180. The lowest BCUT2D eigenvalue weighted by molar-refractivity contribution is -0.143. The van der Waals surface area contributed by atoms with Gasteiger partial charge in [-0.15, -0.1) is 0 Å². The molecule has 0 aromatic heterocycles. The van der Waals surface area contributed by atoms with Crippen LogP contribution in [0.5, 0.6) is 5.75 Å². The van der Waals surface area contributed by atoms with E-state index in [0.29, 0.717) is 32.8 Å². The van der Waals surface area contributed by atoms with Gasteiger partial charge < -0.3 is 15.0 Å². The maximum Gasteiger partial charge on any atom is 0.261 e. The van der Waals surface area contributed by atoms with Gasteiger partial charge in [0.25, 0.3) is 5.91 Å². The first-order valence-corrected chi connectivity index (χ1v) is 12.7. The van der Waals surface area contributed by atoms with E-state index in [9.17, 15) is 9.59 Å². The van der Waals surface area contributed by atoms with E-state index in [1.807, 2.05) is 51.1 Å². The largest absolute Gasteiger partial charge is 0.484 e. The Morgan fingerprint density at radius 1 is 0.917 bits per heavy atom. The van der Waals surface area contributed by atoms with E-state index < -0.39 is 6.04 Å². The summed E-state index contributed by atoms with van der Waals surface area (Å²) in [5, 5.41) is 4.38. The average Bonchev–Trinajstić information content (AvgIpc) is 2.83. The third kappa shape index (κ3) is 7.63. The van der Waals surface area contributed by atoms with Crippen LogP contribution in [-0.2, 0) is 22.6 Å². The molecule has 0 heterocycles. The fraction of sp³-hybridized carbons (Fsp3) is 0.286. The highest BCUT2D eigenvalue weighted by Gasteiger charge is 2.32. The number of halogens is 3. The number of carbonyl (C=O) groups excluding carboxylic acids is 2. The Morgan fingerprint density at radius 3 is 2.19 bits per heavy atom. The number of ether oxygens (including phenoxy) is 1. The molecular weight excluding hydrogens is 519 g/mol. The van der Waals surface area contributed by atoms with Crippen LogP contribution < -0.4 is 10.1 Å².